The summed E-state index contributed by atoms with van der Waals surface area (Å²) in [5, 5.41) is 8.91. The Kier molecular flexibility index (Phi) is 9.42. The van der Waals surface area contributed by atoms with Crippen LogP contribution in [0.4, 0.5) is 0 Å². The summed E-state index contributed by atoms with van der Waals surface area (Å²) in [6.45, 7) is 5.18. The van der Waals surface area contributed by atoms with Crippen molar-refractivity contribution in [3.8, 4) is 11.5 Å². The van der Waals surface area contributed by atoms with Gasteiger partial charge in [-0.3, -0.25) is 19.8 Å². The van der Waals surface area contributed by atoms with E-state index in [2.05, 4.69) is 9.80 Å². The maximum Gasteiger partial charge on any atom is 0.246 e. The SMILES string of the molecule is COc1ccc(S(=O)(=O)c2cc(OCCN3CCCCC3)ccc2CN2CCC(C(=O)NO)CC2)cc1. The largest absolute Gasteiger partial charge is 0.497 e. The lowest BCUT2D eigenvalue weighted by Gasteiger charge is -2.31. The van der Waals surface area contributed by atoms with E-state index in [0.29, 0.717) is 56.1 Å². The quantitative estimate of drug-likeness (QED) is 0.356. The molecule has 0 spiro atoms. The number of likely N-dealkylation sites (tertiary alicyclic amines) is 2. The Bertz CT molecular complexity index is 1140. The van der Waals surface area contributed by atoms with Crippen molar-refractivity contribution in [2.45, 2.75) is 48.4 Å². The molecule has 0 bridgehead atoms. The van der Waals surface area contributed by atoms with Crippen LogP contribution in [0.5, 0.6) is 11.5 Å². The number of benzene rings is 2. The first-order valence-corrected chi connectivity index (χ1v) is 14.4. The van der Waals surface area contributed by atoms with E-state index in [1.807, 2.05) is 12.1 Å². The average molecular weight is 532 g/mol. The molecule has 2 aliphatic rings. The van der Waals surface area contributed by atoms with Crippen LogP contribution in [0.2, 0.25) is 0 Å². The molecule has 0 aliphatic carbocycles. The molecule has 2 fully saturated rings. The molecule has 2 saturated heterocycles. The van der Waals surface area contributed by atoms with Gasteiger partial charge in [-0.25, -0.2) is 13.9 Å². The highest BCUT2D eigenvalue weighted by atomic mass is 32.2. The molecule has 2 aromatic carbocycles. The van der Waals surface area contributed by atoms with Gasteiger partial charge < -0.3 is 9.47 Å². The molecule has 0 atom stereocenters. The number of ether oxygens (including phenoxy) is 2. The van der Waals surface area contributed by atoms with E-state index < -0.39 is 9.84 Å². The molecule has 2 N–H and O–H groups in total. The van der Waals surface area contributed by atoms with Crippen LogP contribution < -0.4 is 15.0 Å². The van der Waals surface area contributed by atoms with E-state index in [-0.39, 0.29) is 21.6 Å². The molecule has 37 heavy (non-hydrogen) atoms. The summed E-state index contributed by atoms with van der Waals surface area (Å²) >= 11 is 0. The van der Waals surface area contributed by atoms with Crippen molar-refractivity contribution in [3.63, 3.8) is 0 Å². The summed E-state index contributed by atoms with van der Waals surface area (Å²) < 4.78 is 38.7. The molecule has 0 aromatic heterocycles. The second-order valence-electron chi connectivity index (χ2n) is 9.73. The number of amides is 1. The molecular formula is C27H37N3O6S. The Balaban J connectivity index is 1.53. The number of hydrogen-bond acceptors (Lipinski definition) is 8. The number of rotatable bonds is 10. The summed E-state index contributed by atoms with van der Waals surface area (Å²) in [4.78, 5) is 16.7. The summed E-state index contributed by atoms with van der Waals surface area (Å²) in [5.41, 5.74) is 2.42. The lowest BCUT2D eigenvalue weighted by atomic mass is 9.96. The molecule has 0 unspecified atom stereocenters. The van der Waals surface area contributed by atoms with Crippen LogP contribution in [0.3, 0.4) is 0 Å². The average Bonchev–Trinajstić information content (AvgIpc) is 2.94. The molecule has 0 radical (unpaired) electrons. The van der Waals surface area contributed by atoms with Crippen molar-refractivity contribution in [2.24, 2.45) is 5.92 Å². The predicted octanol–water partition coefficient (Wildman–Crippen LogP) is 3.11. The van der Waals surface area contributed by atoms with Gasteiger partial charge in [0.05, 0.1) is 16.9 Å². The fourth-order valence-electron chi connectivity index (χ4n) is 5.05. The second-order valence-corrected chi connectivity index (χ2v) is 11.6. The van der Waals surface area contributed by atoms with E-state index in [9.17, 15) is 13.2 Å². The Labute approximate surface area is 219 Å². The van der Waals surface area contributed by atoms with Crippen LogP contribution in [0.25, 0.3) is 0 Å². The van der Waals surface area contributed by atoms with Gasteiger partial charge in [-0.2, -0.15) is 0 Å². The summed E-state index contributed by atoms with van der Waals surface area (Å²) in [6.07, 6.45) is 4.90. The molecule has 0 saturated carbocycles. The van der Waals surface area contributed by atoms with Gasteiger partial charge >= 0.3 is 0 Å². The number of hydrogen-bond donors (Lipinski definition) is 2. The standard InChI is InChI=1S/C27H37N3O6S/c1-35-23-7-9-25(10-8-23)37(33,34)26-19-24(36-18-17-29-13-3-2-4-14-29)6-5-22(26)20-30-15-11-21(12-16-30)27(31)28-32/h5-10,19,21,32H,2-4,11-18,20H2,1H3,(H,28,31). The number of piperidine rings is 2. The number of carbonyl (C=O) groups is 1. The van der Waals surface area contributed by atoms with Crippen LogP contribution in [0.1, 0.15) is 37.7 Å². The maximum atomic E-state index is 13.7. The highest BCUT2D eigenvalue weighted by Crippen LogP contribution is 2.31. The number of carbonyl (C=O) groups excluding carboxylic acids is 1. The van der Waals surface area contributed by atoms with Gasteiger partial charge in [0.25, 0.3) is 0 Å². The summed E-state index contributed by atoms with van der Waals surface area (Å²) in [6, 6.07) is 11.7. The van der Waals surface area contributed by atoms with E-state index in [1.54, 1.807) is 42.9 Å². The monoisotopic (exact) mass is 531 g/mol. The molecule has 2 aliphatic heterocycles. The van der Waals surface area contributed by atoms with Gasteiger partial charge in [-0.15, -0.1) is 0 Å². The van der Waals surface area contributed by atoms with Crippen molar-refractivity contribution < 1.29 is 27.9 Å². The van der Waals surface area contributed by atoms with Gasteiger partial charge in [-0.1, -0.05) is 12.5 Å². The molecule has 202 valence electrons. The fourth-order valence-corrected chi connectivity index (χ4v) is 6.55. The summed E-state index contributed by atoms with van der Waals surface area (Å²) in [7, 11) is -2.27. The number of nitrogens with one attached hydrogen (secondary N) is 1. The zero-order valence-electron chi connectivity index (χ0n) is 21.4. The minimum absolute atomic E-state index is 0.193. The second kappa shape index (κ2) is 12.7. The van der Waals surface area contributed by atoms with Crippen molar-refractivity contribution in [1.29, 1.82) is 0 Å². The van der Waals surface area contributed by atoms with E-state index in [0.717, 1.165) is 19.6 Å². The first kappa shape index (κ1) is 27.4. The van der Waals surface area contributed by atoms with E-state index >= 15 is 0 Å². The Morgan fingerprint density at radius 1 is 0.973 bits per heavy atom. The van der Waals surface area contributed by atoms with Gasteiger partial charge in [0.2, 0.25) is 15.7 Å². The minimum Gasteiger partial charge on any atom is -0.497 e. The van der Waals surface area contributed by atoms with Gasteiger partial charge in [0.15, 0.2) is 0 Å². The Hall–Kier alpha value is -2.66. The summed E-state index contributed by atoms with van der Waals surface area (Å²) in [5.74, 6) is 0.517. The van der Waals surface area contributed by atoms with Gasteiger partial charge in [0.1, 0.15) is 18.1 Å². The smallest absolute Gasteiger partial charge is 0.246 e. The van der Waals surface area contributed by atoms with Crippen molar-refractivity contribution in [2.75, 3.05) is 46.4 Å². The highest BCUT2D eigenvalue weighted by molar-refractivity contribution is 7.91. The fraction of sp³-hybridized carbons (Fsp3) is 0.519. The van der Waals surface area contributed by atoms with Crippen molar-refractivity contribution in [3.05, 3.63) is 48.0 Å². The molecule has 10 heteroatoms. The molecule has 4 rings (SSSR count). The number of hydroxylamine groups is 1. The van der Waals surface area contributed by atoms with E-state index in [1.165, 1.54) is 19.3 Å². The van der Waals surface area contributed by atoms with Gasteiger partial charge in [0, 0.05) is 19.0 Å². The van der Waals surface area contributed by atoms with Crippen LogP contribution in [0, 0.1) is 5.92 Å². The lowest BCUT2D eigenvalue weighted by molar-refractivity contribution is -0.134. The van der Waals surface area contributed by atoms with Crippen molar-refractivity contribution in [1.82, 2.24) is 15.3 Å². The maximum absolute atomic E-state index is 13.7. The third kappa shape index (κ3) is 7.01. The predicted molar refractivity (Wildman–Crippen MR) is 139 cm³/mol. The molecule has 2 heterocycles. The van der Waals surface area contributed by atoms with Crippen LogP contribution >= 0.6 is 0 Å². The molecule has 2 aromatic rings. The third-order valence-electron chi connectivity index (χ3n) is 7.29. The number of nitrogens with zero attached hydrogens (tertiary/aromatic N) is 2. The molecule has 1 amide bonds. The van der Waals surface area contributed by atoms with Crippen LogP contribution in [-0.2, 0) is 21.2 Å². The normalized spacial score (nSPS) is 17.9. The molecule has 9 nitrogen and oxygen atoms in total. The topological polar surface area (TPSA) is 108 Å². The number of methoxy groups -OCH3 is 1. The first-order chi connectivity index (χ1) is 17.9. The molecular weight excluding hydrogens is 494 g/mol. The first-order valence-electron chi connectivity index (χ1n) is 12.9. The van der Waals surface area contributed by atoms with Crippen LogP contribution in [0.15, 0.2) is 52.3 Å². The van der Waals surface area contributed by atoms with Crippen molar-refractivity contribution >= 4 is 15.7 Å². The van der Waals surface area contributed by atoms with Crippen LogP contribution in [-0.4, -0.2) is 75.8 Å². The minimum atomic E-state index is -3.81. The zero-order chi connectivity index (χ0) is 26.3. The Morgan fingerprint density at radius 3 is 2.30 bits per heavy atom. The van der Waals surface area contributed by atoms with E-state index in [4.69, 9.17) is 14.7 Å². The third-order valence-corrected chi connectivity index (χ3v) is 9.14. The lowest BCUT2D eigenvalue weighted by Crippen LogP contribution is -2.39. The van der Waals surface area contributed by atoms with Gasteiger partial charge in [-0.05, 0) is 93.8 Å². The highest BCUT2D eigenvalue weighted by Gasteiger charge is 2.27. The zero-order valence-corrected chi connectivity index (χ0v) is 22.2. The number of sulfone groups is 1. The Morgan fingerprint density at radius 2 is 1.65 bits per heavy atom.